The summed E-state index contributed by atoms with van der Waals surface area (Å²) in [7, 11) is -5.00. The first-order chi connectivity index (χ1) is 11.2. The van der Waals surface area contributed by atoms with Gasteiger partial charge in [-0.15, -0.1) is 0 Å². The number of nitrogens with zero attached hydrogens (tertiary/aromatic N) is 4. The number of aliphatic hydroxyl groups excluding tert-OH is 2. The number of rotatable bonds is 4. The maximum atomic E-state index is 12.0. The van der Waals surface area contributed by atoms with E-state index < -0.39 is 50.9 Å². The van der Waals surface area contributed by atoms with Crippen LogP contribution in [0.4, 0.5) is 4.79 Å². The van der Waals surface area contributed by atoms with Crippen LogP contribution in [0.2, 0.25) is 0 Å². The molecule has 3 aliphatic rings. The lowest BCUT2D eigenvalue weighted by Gasteiger charge is -2.26. The first kappa shape index (κ1) is 17.0. The minimum absolute atomic E-state index is 0.224. The smallest absolute Gasteiger partial charge is 0.394 e. The van der Waals surface area contributed by atoms with Crippen LogP contribution in [0, 0.1) is 0 Å². The zero-order valence-corrected chi connectivity index (χ0v) is 12.6. The molecule has 4 N–H and O–H groups in total. The molecule has 24 heavy (non-hydrogen) atoms. The van der Waals surface area contributed by atoms with Crippen LogP contribution in [0.15, 0.2) is 15.0 Å². The van der Waals surface area contributed by atoms with Gasteiger partial charge in [0.15, 0.2) is 17.8 Å². The molecule has 13 nitrogen and oxygen atoms in total. The highest BCUT2D eigenvalue weighted by atomic mass is 31.2. The number of urea groups is 1. The van der Waals surface area contributed by atoms with Crippen LogP contribution < -0.4 is 0 Å². The molecule has 0 spiro atoms. The molecule has 0 radical (unpaired) electrons. The number of carbonyl (C=O) groups excluding carboxylic acids is 2. The number of amides is 3. The highest BCUT2D eigenvalue weighted by Gasteiger charge is 2.54. The average molecular weight is 362 g/mol. The monoisotopic (exact) mass is 362 g/mol. The molecule has 3 amide bonds. The van der Waals surface area contributed by atoms with Crippen molar-refractivity contribution in [3.63, 3.8) is 0 Å². The lowest BCUT2D eigenvalue weighted by atomic mass is 10.1. The molecule has 3 heterocycles. The SMILES string of the molecule is O=C1N=CN=C2C1=NC(=O)N2[C@@H]1O[C@H](CO)[C@@H](OP(=O)(O)O)[C@H]1O. The fraction of sp³-hybridized carbons (Fsp3) is 0.500. The predicted octanol–water partition coefficient (Wildman–Crippen LogP) is -2.61. The first-order valence-corrected chi connectivity index (χ1v) is 8.01. The van der Waals surface area contributed by atoms with Crippen molar-refractivity contribution >= 4 is 37.6 Å². The van der Waals surface area contributed by atoms with Gasteiger partial charge in [0.1, 0.15) is 24.7 Å². The van der Waals surface area contributed by atoms with E-state index in [4.69, 9.17) is 14.5 Å². The Morgan fingerprint density at radius 2 is 2.08 bits per heavy atom. The van der Waals surface area contributed by atoms with Gasteiger partial charge in [-0.05, 0) is 0 Å². The number of phosphoric acid groups is 1. The van der Waals surface area contributed by atoms with Crippen LogP contribution >= 0.6 is 7.82 Å². The van der Waals surface area contributed by atoms with Crippen LogP contribution in [0.3, 0.4) is 0 Å². The van der Waals surface area contributed by atoms with E-state index in [1.165, 1.54) is 0 Å². The highest BCUT2D eigenvalue weighted by Crippen LogP contribution is 2.42. The quantitative estimate of drug-likeness (QED) is 0.388. The molecule has 0 aromatic heterocycles. The van der Waals surface area contributed by atoms with E-state index in [-0.39, 0.29) is 11.5 Å². The van der Waals surface area contributed by atoms with Gasteiger partial charge < -0.3 is 24.7 Å². The Kier molecular flexibility index (Phi) is 4.17. The van der Waals surface area contributed by atoms with E-state index in [2.05, 4.69) is 19.5 Å². The zero-order chi connectivity index (χ0) is 17.6. The van der Waals surface area contributed by atoms with Gasteiger partial charge in [0.25, 0.3) is 0 Å². The highest BCUT2D eigenvalue weighted by molar-refractivity contribution is 7.46. The number of hydrogen-bond donors (Lipinski definition) is 4. The Morgan fingerprint density at radius 1 is 1.38 bits per heavy atom. The van der Waals surface area contributed by atoms with Gasteiger partial charge in [-0.2, -0.15) is 9.98 Å². The van der Waals surface area contributed by atoms with Gasteiger partial charge in [-0.1, -0.05) is 0 Å². The maximum Gasteiger partial charge on any atom is 0.470 e. The van der Waals surface area contributed by atoms with Crippen molar-refractivity contribution in [1.82, 2.24) is 4.90 Å². The van der Waals surface area contributed by atoms with E-state index in [0.717, 1.165) is 11.2 Å². The third-order valence-corrected chi connectivity index (χ3v) is 3.93. The van der Waals surface area contributed by atoms with Crippen LogP contribution in [0.25, 0.3) is 0 Å². The zero-order valence-electron chi connectivity index (χ0n) is 11.7. The molecular formula is C10H11N4O9P. The van der Waals surface area contributed by atoms with E-state index in [1.54, 1.807) is 0 Å². The number of aliphatic imine (C=N–C) groups is 3. The lowest BCUT2D eigenvalue weighted by molar-refractivity contribution is -0.111. The molecule has 0 bridgehead atoms. The summed E-state index contributed by atoms with van der Waals surface area (Å²) < 4.78 is 20.7. The molecule has 1 fully saturated rings. The Balaban J connectivity index is 1.89. The summed E-state index contributed by atoms with van der Waals surface area (Å²) in [4.78, 5) is 52.6. The summed E-state index contributed by atoms with van der Waals surface area (Å²) in [6.45, 7) is -0.749. The standard InChI is InChI=1S/C10H11N4O9P/c15-1-3-6(23-24(19,20)21)5(16)9(22-3)14-7-4(13-10(14)18)8(17)12-2-11-7/h2-3,5-6,9,15-16H,1H2,(H2,19,20,21)/t3-,5-,6-,9-/m1/s1. The molecule has 130 valence electrons. The van der Waals surface area contributed by atoms with Crippen LogP contribution in [-0.2, 0) is 18.6 Å². The van der Waals surface area contributed by atoms with Crippen LogP contribution in [0.1, 0.15) is 0 Å². The minimum Gasteiger partial charge on any atom is -0.394 e. The second-order valence-electron chi connectivity index (χ2n) is 4.91. The van der Waals surface area contributed by atoms with Gasteiger partial charge >= 0.3 is 19.8 Å². The summed E-state index contributed by atoms with van der Waals surface area (Å²) in [6, 6.07) is -0.986. The summed E-state index contributed by atoms with van der Waals surface area (Å²) in [5.41, 5.74) is -0.349. The van der Waals surface area contributed by atoms with Gasteiger partial charge in [-0.25, -0.2) is 19.3 Å². The number of carbonyl (C=O) groups is 2. The normalized spacial score (nSPS) is 32.9. The number of fused-ring (bicyclic) bond motifs is 1. The fourth-order valence-corrected chi connectivity index (χ4v) is 3.04. The Morgan fingerprint density at radius 3 is 2.71 bits per heavy atom. The number of amidine groups is 1. The van der Waals surface area contributed by atoms with E-state index in [1.807, 2.05) is 0 Å². The average Bonchev–Trinajstić information content (AvgIpc) is 2.97. The van der Waals surface area contributed by atoms with Crippen molar-refractivity contribution in [1.29, 1.82) is 0 Å². The van der Waals surface area contributed by atoms with Gasteiger partial charge in [0.2, 0.25) is 0 Å². The Hall–Kier alpha value is -1.86. The molecule has 4 atom stereocenters. The topological polar surface area (TPSA) is 191 Å². The predicted molar refractivity (Wildman–Crippen MR) is 74.3 cm³/mol. The molecule has 0 saturated carbocycles. The van der Waals surface area contributed by atoms with Gasteiger partial charge in [0, 0.05) is 0 Å². The van der Waals surface area contributed by atoms with Crippen molar-refractivity contribution in [3.05, 3.63) is 0 Å². The fourth-order valence-electron chi connectivity index (χ4n) is 2.47. The van der Waals surface area contributed by atoms with Crippen LogP contribution in [-0.4, -0.2) is 85.9 Å². The van der Waals surface area contributed by atoms with Crippen molar-refractivity contribution in [2.75, 3.05) is 6.61 Å². The third-order valence-electron chi connectivity index (χ3n) is 3.41. The molecule has 1 saturated heterocycles. The maximum absolute atomic E-state index is 12.0. The second-order valence-corrected chi connectivity index (χ2v) is 6.11. The van der Waals surface area contributed by atoms with Crippen molar-refractivity contribution in [2.45, 2.75) is 24.5 Å². The molecular weight excluding hydrogens is 351 g/mol. The number of phosphoric ester groups is 1. The van der Waals surface area contributed by atoms with Crippen molar-refractivity contribution in [2.24, 2.45) is 15.0 Å². The number of ether oxygens (including phenoxy) is 1. The molecule has 3 rings (SSSR count). The van der Waals surface area contributed by atoms with E-state index in [9.17, 15) is 24.4 Å². The summed E-state index contributed by atoms with van der Waals surface area (Å²) >= 11 is 0. The number of aliphatic hydroxyl groups is 2. The first-order valence-electron chi connectivity index (χ1n) is 6.48. The molecule has 0 aromatic rings. The number of hydrogen-bond acceptors (Lipinski definition) is 8. The molecule has 0 unspecified atom stereocenters. The molecule has 0 aromatic carbocycles. The van der Waals surface area contributed by atoms with Gasteiger partial charge in [-0.3, -0.25) is 9.32 Å². The van der Waals surface area contributed by atoms with E-state index >= 15 is 0 Å². The largest absolute Gasteiger partial charge is 0.470 e. The second kappa shape index (κ2) is 5.89. The van der Waals surface area contributed by atoms with Crippen molar-refractivity contribution in [3.8, 4) is 0 Å². The van der Waals surface area contributed by atoms with Crippen molar-refractivity contribution < 1.29 is 43.4 Å². The lowest BCUT2D eigenvalue weighted by Crippen LogP contribution is -2.49. The molecule has 14 heteroatoms. The Bertz CT molecular complexity index is 728. The Labute approximate surface area is 133 Å². The summed E-state index contributed by atoms with van der Waals surface area (Å²) in [6.07, 6.45) is -5.33. The molecule has 3 aliphatic heterocycles. The van der Waals surface area contributed by atoms with E-state index in [0.29, 0.717) is 0 Å². The van der Waals surface area contributed by atoms with Gasteiger partial charge in [0.05, 0.1) is 6.61 Å². The summed E-state index contributed by atoms with van der Waals surface area (Å²) in [5, 5.41) is 19.5. The summed E-state index contributed by atoms with van der Waals surface area (Å²) in [5.74, 6) is -1.04. The third kappa shape index (κ3) is 2.82. The van der Waals surface area contributed by atoms with Crippen LogP contribution in [0.5, 0.6) is 0 Å². The minimum atomic E-state index is -5.00. The molecule has 0 aliphatic carbocycles.